The molecule has 3 nitrogen and oxygen atoms in total. The predicted octanol–water partition coefficient (Wildman–Crippen LogP) is 2.64. The molecule has 90 valence electrons. The van der Waals surface area contributed by atoms with Crippen molar-refractivity contribution in [2.45, 2.75) is 13.8 Å². The van der Waals surface area contributed by atoms with E-state index in [9.17, 15) is 4.79 Å². The van der Waals surface area contributed by atoms with Gasteiger partial charge in [0.1, 0.15) is 0 Å². The fourth-order valence-corrected chi connectivity index (χ4v) is 0.814. The van der Waals surface area contributed by atoms with Gasteiger partial charge in [0.15, 0.2) is 0 Å². The molecule has 1 aromatic carbocycles. The summed E-state index contributed by atoms with van der Waals surface area (Å²) in [6, 6.07) is 9.44. The number of carbonyl (C=O) groups is 1. The number of ether oxygens (including phenoxy) is 1. The van der Waals surface area contributed by atoms with Gasteiger partial charge in [0.2, 0.25) is 0 Å². The lowest BCUT2D eigenvalue weighted by Crippen LogP contribution is -2.03. The molecule has 1 aromatic rings. The molecule has 4 heteroatoms. The van der Waals surface area contributed by atoms with Gasteiger partial charge in [-0.15, -0.1) is 0 Å². The van der Waals surface area contributed by atoms with Gasteiger partial charge in [-0.1, -0.05) is 36.4 Å². The van der Waals surface area contributed by atoms with Gasteiger partial charge in [0.05, 0.1) is 6.61 Å². The molecule has 0 radical (unpaired) electrons. The highest BCUT2D eigenvalue weighted by atomic mass is 35.5. The van der Waals surface area contributed by atoms with Crippen LogP contribution in [0.3, 0.4) is 0 Å². The molecule has 0 spiro atoms. The Kier molecular flexibility index (Phi) is 10.9. The zero-order valence-electron chi connectivity index (χ0n) is 9.50. The van der Waals surface area contributed by atoms with E-state index in [0.717, 1.165) is 5.02 Å². The van der Waals surface area contributed by atoms with Crippen LogP contribution in [0.4, 0.5) is 0 Å². The van der Waals surface area contributed by atoms with E-state index in [-0.39, 0.29) is 11.4 Å². The molecule has 16 heavy (non-hydrogen) atoms. The van der Waals surface area contributed by atoms with Crippen molar-refractivity contribution in [3.05, 3.63) is 47.5 Å². The van der Waals surface area contributed by atoms with Crippen molar-refractivity contribution in [1.82, 2.24) is 0 Å². The van der Waals surface area contributed by atoms with Gasteiger partial charge in [0, 0.05) is 10.6 Å². The van der Waals surface area contributed by atoms with Crippen LogP contribution in [-0.4, -0.2) is 18.1 Å². The standard InChI is InChI=1S/C6H5Cl.C6H10O2.H2O/c7-6-4-2-1-3-5-6;1-4-8-6(7)5(2)3;/h1-5H;2,4H2,1,3H3;1H2. The molecule has 0 saturated carbocycles. The van der Waals surface area contributed by atoms with E-state index in [4.69, 9.17) is 11.6 Å². The van der Waals surface area contributed by atoms with Crippen LogP contribution >= 0.6 is 11.6 Å². The van der Waals surface area contributed by atoms with E-state index < -0.39 is 0 Å². The maximum absolute atomic E-state index is 10.4. The van der Waals surface area contributed by atoms with Crippen molar-refractivity contribution in [2.75, 3.05) is 6.61 Å². The van der Waals surface area contributed by atoms with Crippen molar-refractivity contribution >= 4 is 17.6 Å². The van der Waals surface area contributed by atoms with Crippen LogP contribution in [-0.2, 0) is 9.53 Å². The van der Waals surface area contributed by atoms with Crippen LogP contribution in [0.15, 0.2) is 42.5 Å². The summed E-state index contributed by atoms with van der Waals surface area (Å²) < 4.78 is 4.56. The first-order chi connectivity index (χ1) is 7.07. The number of carbonyl (C=O) groups excluding carboxylic acids is 1. The number of rotatable bonds is 2. The van der Waals surface area contributed by atoms with E-state index >= 15 is 0 Å². The van der Waals surface area contributed by atoms with Crippen molar-refractivity contribution < 1.29 is 15.0 Å². The van der Waals surface area contributed by atoms with Crippen LogP contribution in [0.25, 0.3) is 0 Å². The molecule has 1 rings (SSSR count). The first-order valence-corrected chi connectivity index (χ1v) is 4.99. The average Bonchev–Trinajstić information content (AvgIpc) is 2.20. The summed E-state index contributed by atoms with van der Waals surface area (Å²) in [4.78, 5) is 10.4. The van der Waals surface area contributed by atoms with Crippen LogP contribution in [0.2, 0.25) is 5.02 Å². The second-order valence-electron chi connectivity index (χ2n) is 2.80. The predicted molar refractivity (Wildman–Crippen MR) is 66.5 cm³/mol. The average molecular weight is 245 g/mol. The lowest BCUT2D eigenvalue weighted by molar-refractivity contribution is -0.138. The molecule has 0 saturated heterocycles. The Morgan fingerprint density at radius 2 is 1.88 bits per heavy atom. The van der Waals surface area contributed by atoms with Gasteiger partial charge >= 0.3 is 5.97 Å². The third kappa shape index (κ3) is 9.24. The summed E-state index contributed by atoms with van der Waals surface area (Å²) in [5.41, 5.74) is 0.451. The number of hydrogen-bond donors (Lipinski definition) is 0. The molecule has 0 unspecified atom stereocenters. The minimum Gasteiger partial charge on any atom is -0.463 e. The monoisotopic (exact) mass is 244 g/mol. The largest absolute Gasteiger partial charge is 0.463 e. The second-order valence-corrected chi connectivity index (χ2v) is 3.23. The van der Waals surface area contributed by atoms with Gasteiger partial charge in [-0.05, 0) is 26.0 Å². The quantitative estimate of drug-likeness (QED) is 0.593. The minimum absolute atomic E-state index is 0. The Morgan fingerprint density at radius 3 is 2.06 bits per heavy atom. The van der Waals surface area contributed by atoms with Crippen molar-refractivity contribution in [3.63, 3.8) is 0 Å². The van der Waals surface area contributed by atoms with Gasteiger partial charge in [-0.2, -0.15) is 0 Å². The molecule has 0 aromatic heterocycles. The third-order valence-corrected chi connectivity index (χ3v) is 1.61. The number of benzene rings is 1. The molecule has 0 amide bonds. The molecular weight excluding hydrogens is 228 g/mol. The first kappa shape index (κ1) is 17.1. The van der Waals surface area contributed by atoms with E-state index in [2.05, 4.69) is 11.3 Å². The minimum atomic E-state index is -0.312. The second kappa shape index (κ2) is 10.2. The Labute approximate surface area is 101 Å². The van der Waals surface area contributed by atoms with E-state index in [1.54, 1.807) is 13.8 Å². The highest BCUT2D eigenvalue weighted by Crippen LogP contribution is 2.03. The van der Waals surface area contributed by atoms with Crippen LogP contribution in [0.1, 0.15) is 13.8 Å². The number of hydrogen-bond acceptors (Lipinski definition) is 2. The lowest BCUT2D eigenvalue weighted by atomic mass is 10.4. The van der Waals surface area contributed by atoms with E-state index in [0.29, 0.717) is 12.2 Å². The Hall–Kier alpha value is -1.32. The van der Waals surface area contributed by atoms with Crippen LogP contribution in [0.5, 0.6) is 0 Å². The zero-order chi connectivity index (χ0) is 11.7. The maximum atomic E-state index is 10.4. The first-order valence-electron chi connectivity index (χ1n) is 4.61. The van der Waals surface area contributed by atoms with Crippen molar-refractivity contribution in [3.8, 4) is 0 Å². The van der Waals surface area contributed by atoms with Crippen molar-refractivity contribution in [2.24, 2.45) is 0 Å². The highest BCUT2D eigenvalue weighted by Gasteiger charge is 1.98. The van der Waals surface area contributed by atoms with Crippen LogP contribution < -0.4 is 0 Å². The van der Waals surface area contributed by atoms with Gasteiger partial charge in [-0.3, -0.25) is 0 Å². The van der Waals surface area contributed by atoms with E-state index in [1.807, 2.05) is 30.3 Å². The Bertz CT molecular complexity index is 309. The molecule has 0 aliphatic heterocycles. The highest BCUT2D eigenvalue weighted by molar-refractivity contribution is 6.30. The third-order valence-electron chi connectivity index (χ3n) is 1.36. The maximum Gasteiger partial charge on any atom is 0.333 e. The molecule has 0 heterocycles. The zero-order valence-corrected chi connectivity index (χ0v) is 10.3. The molecule has 0 fully saturated rings. The molecule has 0 atom stereocenters. The summed E-state index contributed by atoms with van der Waals surface area (Å²) in [6.45, 7) is 7.21. The summed E-state index contributed by atoms with van der Waals surface area (Å²) in [5, 5.41) is 0.794. The summed E-state index contributed by atoms with van der Waals surface area (Å²) in [6.07, 6.45) is 0. The smallest absolute Gasteiger partial charge is 0.333 e. The molecule has 0 aliphatic carbocycles. The number of halogens is 1. The Balaban J connectivity index is 0. The molecule has 0 aliphatic rings. The normalized spacial score (nSPS) is 7.94. The molecule has 2 N–H and O–H groups in total. The Morgan fingerprint density at radius 1 is 1.38 bits per heavy atom. The van der Waals surface area contributed by atoms with Crippen molar-refractivity contribution in [1.29, 1.82) is 0 Å². The fourth-order valence-electron chi connectivity index (χ4n) is 0.669. The van der Waals surface area contributed by atoms with Gasteiger partial charge in [-0.25, -0.2) is 4.79 Å². The molecular formula is C12H17ClO3. The van der Waals surface area contributed by atoms with E-state index in [1.165, 1.54) is 0 Å². The van der Waals surface area contributed by atoms with Gasteiger partial charge in [0.25, 0.3) is 0 Å². The number of esters is 1. The van der Waals surface area contributed by atoms with Crippen LogP contribution in [0, 0.1) is 0 Å². The summed E-state index contributed by atoms with van der Waals surface area (Å²) >= 11 is 5.54. The topological polar surface area (TPSA) is 57.8 Å². The SMILES string of the molecule is C=C(C)C(=O)OCC.Clc1ccccc1.O. The molecule has 0 bridgehead atoms. The fraction of sp³-hybridized carbons (Fsp3) is 0.250. The van der Waals surface area contributed by atoms with Gasteiger partial charge < -0.3 is 10.2 Å². The lowest BCUT2D eigenvalue weighted by Gasteiger charge is -1.96. The summed E-state index contributed by atoms with van der Waals surface area (Å²) in [7, 11) is 0. The summed E-state index contributed by atoms with van der Waals surface area (Å²) in [5.74, 6) is -0.312.